The lowest BCUT2D eigenvalue weighted by molar-refractivity contribution is 0.0532. The summed E-state index contributed by atoms with van der Waals surface area (Å²) in [6.07, 6.45) is 1.19. The van der Waals surface area contributed by atoms with Crippen molar-refractivity contribution in [3.63, 3.8) is 0 Å². The lowest BCUT2D eigenvalue weighted by Crippen LogP contribution is -2.01. The number of aliphatic hydroxyl groups excluding tert-OH is 1. The minimum Gasteiger partial charge on any atom is -0.462 e. The topological polar surface area (TPSA) is 46.5 Å². The van der Waals surface area contributed by atoms with Gasteiger partial charge in [-0.05, 0) is 25.5 Å². The van der Waals surface area contributed by atoms with Gasteiger partial charge in [-0.15, -0.1) is 11.3 Å². The minimum atomic E-state index is -0.455. The molecule has 0 saturated carbocycles. The highest BCUT2D eigenvalue weighted by molar-refractivity contribution is 7.14. The number of carbonyl (C=O) groups excluding carboxylic acids is 1. The first-order valence-electron chi connectivity index (χ1n) is 5.14. The van der Waals surface area contributed by atoms with Crippen molar-refractivity contribution in [3.05, 3.63) is 21.9 Å². The fourth-order valence-corrected chi connectivity index (χ4v) is 2.18. The van der Waals surface area contributed by atoms with Gasteiger partial charge in [0, 0.05) is 4.88 Å². The Morgan fingerprint density at radius 2 is 2.27 bits per heavy atom. The van der Waals surface area contributed by atoms with Crippen LogP contribution < -0.4 is 0 Å². The van der Waals surface area contributed by atoms with Crippen molar-refractivity contribution in [2.24, 2.45) is 0 Å². The Morgan fingerprint density at radius 1 is 1.53 bits per heavy atom. The molecule has 84 valence electrons. The van der Waals surface area contributed by atoms with Gasteiger partial charge in [0.15, 0.2) is 0 Å². The molecule has 0 aromatic carbocycles. The van der Waals surface area contributed by atoms with E-state index in [0.717, 1.165) is 17.7 Å². The number of carbonyl (C=O) groups is 1. The van der Waals surface area contributed by atoms with Crippen molar-refractivity contribution in [2.75, 3.05) is 6.61 Å². The molecular weight excluding hydrogens is 212 g/mol. The Hall–Kier alpha value is -0.870. The highest BCUT2D eigenvalue weighted by Crippen LogP contribution is 2.26. The average molecular weight is 228 g/mol. The second-order valence-electron chi connectivity index (χ2n) is 3.23. The Morgan fingerprint density at radius 3 is 2.87 bits per heavy atom. The van der Waals surface area contributed by atoms with E-state index in [-0.39, 0.29) is 5.97 Å². The summed E-state index contributed by atoms with van der Waals surface area (Å²) < 4.78 is 4.87. The number of ether oxygens (including phenoxy) is 1. The van der Waals surface area contributed by atoms with Crippen LogP contribution in [0.4, 0.5) is 0 Å². The van der Waals surface area contributed by atoms with E-state index in [2.05, 4.69) is 0 Å². The number of aliphatic hydroxyl groups is 1. The van der Waals surface area contributed by atoms with Gasteiger partial charge < -0.3 is 9.84 Å². The van der Waals surface area contributed by atoms with Crippen LogP contribution in [0.15, 0.2) is 12.1 Å². The lowest BCUT2D eigenvalue weighted by Gasteiger charge is -2.05. The molecule has 1 rings (SSSR count). The minimum absolute atomic E-state index is 0.308. The van der Waals surface area contributed by atoms with E-state index >= 15 is 0 Å². The molecule has 0 bridgehead atoms. The second kappa shape index (κ2) is 5.88. The predicted molar refractivity (Wildman–Crippen MR) is 60.1 cm³/mol. The van der Waals surface area contributed by atoms with E-state index in [1.165, 1.54) is 11.3 Å². The summed E-state index contributed by atoms with van der Waals surface area (Å²) in [4.78, 5) is 12.7. The number of thiophene rings is 1. The monoisotopic (exact) mass is 228 g/mol. The fraction of sp³-hybridized carbons (Fsp3) is 0.545. The van der Waals surface area contributed by atoms with Gasteiger partial charge in [-0.1, -0.05) is 13.3 Å². The molecule has 0 spiro atoms. The maximum absolute atomic E-state index is 11.3. The molecule has 1 N–H and O–H groups in total. The van der Waals surface area contributed by atoms with Crippen molar-refractivity contribution in [1.82, 2.24) is 0 Å². The van der Waals surface area contributed by atoms with Crippen molar-refractivity contribution in [1.29, 1.82) is 0 Å². The van der Waals surface area contributed by atoms with Gasteiger partial charge in [-0.3, -0.25) is 0 Å². The second-order valence-corrected chi connectivity index (χ2v) is 4.34. The summed E-state index contributed by atoms with van der Waals surface area (Å²) in [5, 5.41) is 9.70. The molecule has 0 saturated heterocycles. The van der Waals surface area contributed by atoms with Gasteiger partial charge in [-0.25, -0.2) is 4.79 Å². The summed E-state index contributed by atoms with van der Waals surface area (Å²) in [5.41, 5.74) is 0. The van der Waals surface area contributed by atoms with Crippen molar-refractivity contribution >= 4 is 17.3 Å². The molecule has 0 aliphatic heterocycles. The number of esters is 1. The summed E-state index contributed by atoms with van der Waals surface area (Å²) >= 11 is 1.30. The van der Waals surface area contributed by atoms with Gasteiger partial charge in [0.2, 0.25) is 0 Å². The molecule has 4 heteroatoms. The normalized spacial score (nSPS) is 12.5. The van der Waals surface area contributed by atoms with E-state index in [0.29, 0.717) is 11.5 Å². The van der Waals surface area contributed by atoms with E-state index in [9.17, 15) is 9.90 Å². The Bertz CT molecular complexity index is 319. The Labute approximate surface area is 93.7 Å². The van der Waals surface area contributed by atoms with Crippen LogP contribution in [0.1, 0.15) is 47.3 Å². The molecule has 3 nitrogen and oxygen atoms in total. The fourth-order valence-electron chi connectivity index (χ4n) is 1.26. The standard InChI is InChI=1S/C11H16O3S/c1-3-5-8(12)9-6-7-10(15-9)11(13)14-4-2/h6-8,12H,3-5H2,1-2H3/t8-/m1/s1. The summed E-state index contributed by atoms with van der Waals surface area (Å²) in [5.74, 6) is -0.308. The van der Waals surface area contributed by atoms with E-state index in [1.807, 2.05) is 6.92 Å². The predicted octanol–water partition coefficient (Wildman–Crippen LogP) is 2.76. The van der Waals surface area contributed by atoms with Crippen molar-refractivity contribution in [3.8, 4) is 0 Å². The first kappa shape index (κ1) is 12.2. The maximum Gasteiger partial charge on any atom is 0.348 e. The molecule has 0 aliphatic carbocycles. The molecular formula is C11H16O3S. The molecule has 1 aromatic rings. The molecule has 1 aromatic heterocycles. The van der Waals surface area contributed by atoms with Crippen LogP contribution in [0, 0.1) is 0 Å². The largest absolute Gasteiger partial charge is 0.462 e. The van der Waals surface area contributed by atoms with Crippen molar-refractivity contribution in [2.45, 2.75) is 32.8 Å². The number of hydrogen-bond donors (Lipinski definition) is 1. The summed E-state index contributed by atoms with van der Waals surface area (Å²) in [7, 11) is 0. The summed E-state index contributed by atoms with van der Waals surface area (Å²) in [6.45, 7) is 4.17. The zero-order valence-electron chi connectivity index (χ0n) is 9.03. The molecule has 0 fully saturated rings. The van der Waals surface area contributed by atoms with Crippen LogP contribution in [-0.4, -0.2) is 17.7 Å². The molecule has 0 amide bonds. The molecule has 0 radical (unpaired) electrons. The quantitative estimate of drug-likeness (QED) is 0.788. The van der Waals surface area contributed by atoms with Crippen LogP contribution >= 0.6 is 11.3 Å². The van der Waals surface area contributed by atoms with E-state index < -0.39 is 6.10 Å². The zero-order valence-corrected chi connectivity index (χ0v) is 9.84. The average Bonchev–Trinajstić information content (AvgIpc) is 2.67. The third-order valence-corrected chi connectivity index (χ3v) is 3.16. The maximum atomic E-state index is 11.3. The van der Waals surface area contributed by atoms with Gasteiger partial charge >= 0.3 is 5.97 Å². The molecule has 0 aliphatic rings. The highest BCUT2D eigenvalue weighted by Gasteiger charge is 2.14. The van der Waals surface area contributed by atoms with Crippen LogP contribution in [0.25, 0.3) is 0 Å². The van der Waals surface area contributed by atoms with Gasteiger partial charge in [0.05, 0.1) is 12.7 Å². The van der Waals surface area contributed by atoms with Crippen LogP contribution in [0.2, 0.25) is 0 Å². The zero-order chi connectivity index (χ0) is 11.3. The van der Waals surface area contributed by atoms with Crippen molar-refractivity contribution < 1.29 is 14.6 Å². The van der Waals surface area contributed by atoms with Crippen LogP contribution in [-0.2, 0) is 4.74 Å². The van der Waals surface area contributed by atoms with Crippen LogP contribution in [0.5, 0.6) is 0 Å². The number of rotatable bonds is 5. The SMILES string of the molecule is CCC[C@@H](O)c1ccc(C(=O)OCC)s1. The smallest absolute Gasteiger partial charge is 0.348 e. The van der Waals surface area contributed by atoms with E-state index in [1.54, 1.807) is 19.1 Å². The first-order chi connectivity index (χ1) is 7.19. The summed E-state index contributed by atoms with van der Waals surface area (Å²) in [6, 6.07) is 3.49. The molecule has 15 heavy (non-hydrogen) atoms. The van der Waals surface area contributed by atoms with Crippen LogP contribution in [0.3, 0.4) is 0 Å². The highest BCUT2D eigenvalue weighted by atomic mass is 32.1. The molecule has 1 heterocycles. The Kier molecular flexibility index (Phi) is 4.78. The third kappa shape index (κ3) is 3.32. The Balaban J connectivity index is 2.67. The van der Waals surface area contributed by atoms with E-state index in [4.69, 9.17) is 4.74 Å². The lowest BCUT2D eigenvalue weighted by atomic mass is 10.2. The van der Waals surface area contributed by atoms with Gasteiger partial charge in [-0.2, -0.15) is 0 Å². The first-order valence-corrected chi connectivity index (χ1v) is 5.95. The molecule has 1 atom stereocenters. The number of hydrogen-bond acceptors (Lipinski definition) is 4. The third-order valence-electron chi connectivity index (χ3n) is 1.99. The van der Waals surface area contributed by atoms with Gasteiger partial charge in [0.25, 0.3) is 0 Å². The molecule has 0 unspecified atom stereocenters. The van der Waals surface area contributed by atoms with Gasteiger partial charge in [0.1, 0.15) is 4.88 Å².